The highest BCUT2D eigenvalue weighted by atomic mass is 28.1. The summed E-state index contributed by atoms with van der Waals surface area (Å²) in [6.07, 6.45) is 5.43. The fraction of sp³-hybridized carbons (Fsp3) is 0.867. The molecule has 108 valence electrons. The average molecular weight is 271 g/mol. The summed E-state index contributed by atoms with van der Waals surface area (Å²) in [7, 11) is 1.10. The summed E-state index contributed by atoms with van der Waals surface area (Å²) in [4.78, 5) is 5.28. The number of hydrogen-bond donors (Lipinski definition) is 0. The van der Waals surface area contributed by atoms with Crippen molar-refractivity contribution < 1.29 is 0 Å². The van der Waals surface area contributed by atoms with Crippen LogP contribution in [0.4, 0.5) is 0 Å². The van der Waals surface area contributed by atoms with Crippen LogP contribution in [-0.2, 0) is 0 Å². The van der Waals surface area contributed by atoms with E-state index in [1.54, 1.807) is 0 Å². The lowest BCUT2D eigenvalue weighted by atomic mass is 10.2. The summed E-state index contributed by atoms with van der Waals surface area (Å²) in [5.41, 5.74) is 0. The molecule has 0 saturated heterocycles. The Balaban J connectivity index is 4.88. The summed E-state index contributed by atoms with van der Waals surface area (Å²) in [6.45, 7) is 18.2. The smallest absolute Gasteiger partial charge is 0.0796 e. The highest BCUT2D eigenvalue weighted by Crippen LogP contribution is 2.15. The van der Waals surface area contributed by atoms with E-state index in [2.05, 4.69) is 44.1 Å². The Hall–Kier alpha value is -0.123. The van der Waals surface area contributed by atoms with E-state index in [1.165, 1.54) is 57.1 Å². The van der Waals surface area contributed by atoms with Crippen molar-refractivity contribution in [3.05, 3.63) is 11.8 Å². The van der Waals surface area contributed by atoms with E-state index in [4.69, 9.17) is 0 Å². The van der Waals surface area contributed by atoms with Crippen LogP contribution in [0.15, 0.2) is 11.8 Å². The number of hydrogen-bond acceptors (Lipinski definition) is 2. The first-order valence-corrected chi connectivity index (χ1v) is 8.75. The zero-order chi connectivity index (χ0) is 14.0. The predicted molar refractivity (Wildman–Crippen MR) is 87.2 cm³/mol. The van der Waals surface area contributed by atoms with Crippen molar-refractivity contribution in [1.82, 2.24) is 9.80 Å². The lowest BCUT2D eigenvalue weighted by Crippen LogP contribution is -2.50. The van der Waals surface area contributed by atoms with E-state index in [0.717, 1.165) is 10.2 Å². The molecule has 0 bridgehead atoms. The third-order valence-electron chi connectivity index (χ3n) is 3.18. The van der Waals surface area contributed by atoms with E-state index in [0.29, 0.717) is 6.17 Å². The third-order valence-corrected chi connectivity index (χ3v) is 3.69. The van der Waals surface area contributed by atoms with Gasteiger partial charge in [0.1, 0.15) is 0 Å². The van der Waals surface area contributed by atoms with Crippen molar-refractivity contribution in [3.8, 4) is 0 Å². The van der Waals surface area contributed by atoms with E-state index in [1.807, 2.05) is 0 Å². The molecule has 0 aromatic rings. The van der Waals surface area contributed by atoms with Crippen LogP contribution >= 0.6 is 0 Å². The van der Waals surface area contributed by atoms with Gasteiger partial charge in [0.25, 0.3) is 0 Å². The lowest BCUT2D eigenvalue weighted by Gasteiger charge is -2.40. The monoisotopic (exact) mass is 270 g/mol. The van der Waals surface area contributed by atoms with Gasteiger partial charge in [-0.25, -0.2) is 0 Å². The molecule has 0 atom stereocenters. The van der Waals surface area contributed by atoms with E-state index in [9.17, 15) is 0 Å². The Kier molecular flexibility index (Phi) is 10.7. The molecule has 0 aliphatic carbocycles. The minimum Gasteiger partial charge on any atom is -0.285 e. The maximum atomic E-state index is 4.30. The van der Waals surface area contributed by atoms with E-state index < -0.39 is 0 Å². The highest BCUT2D eigenvalue weighted by Gasteiger charge is 2.23. The van der Waals surface area contributed by atoms with Crippen LogP contribution < -0.4 is 0 Å². The van der Waals surface area contributed by atoms with Gasteiger partial charge in [0.15, 0.2) is 0 Å². The summed E-state index contributed by atoms with van der Waals surface area (Å²) in [6, 6.07) is 0. The summed E-state index contributed by atoms with van der Waals surface area (Å²) in [5, 5.41) is 1.43. The maximum absolute atomic E-state index is 4.30. The topological polar surface area (TPSA) is 6.48 Å². The average Bonchev–Trinajstić information content (AvgIpc) is 2.30. The molecular formula is C15H34N2Si. The molecule has 2 nitrogen and oxygen atoms in total. The largest absolute Gasteiger partial charge is 0.285 e. The number of nitrogens with zero attached hydrogens (tertiary/aromatic N) is 2. The van der Waals surface area contributed by atoms with Crippen molar-refractivity contribution in [2.75, 3.05) is 26.2 Å². The van der Waals surface area contributed by atoms with Crippen LogP contribution in [0.2, 0.25) is 0 Å². The molecular weight excluding hydrogens is 236 g/mol. The Bertz CT molecular complexity index is 191. The Morgan fingerprint density at radius 1 is 0.833 bits per heavy atom. The lowest BCUT2D eigenvalue weighted by molar-refractivity contribution is 0.0715. The molecule has 0 heterocycles. The zero-order valence-corrected chi connectivity index (χ0v) is 15.3. The quantitative estimate of drug-likeness (QED) is 0.420. The van der Waals surface area contributed by atoms with Crippen LogP contribution in [0.3, 0.4) is 0 Å². The van der Waals surface area contributed by atoms with Crippen LogP contribution in [0.5, 0.6) is 0 Å². The summed E-state index contributed by atoms with van der Waals surface area (Å²) in [5.74, 6) is 0. The van der Waals surface area contributed by atoms with Gasteiger partial charge in [0.05, 0.1) is 6.17 Å². The summed E-state index contributed by atoms with van der Waals surface area (Å²) < 4.78 is 0. The third kappa shape index (κ3) is 6.16. The van der Waals surface area contributed by atoms with Gasteiger partial charge in [0, 0.05) is 10.2 Å². The van der Waals surface area contributed by atoms with Crippen molar-refractivity contribution in [2.45, 2.75) is 59.5 Å². The van der Waals surface area contributed by atoms with Crippen LogP contribution in [0.1, 0.15) is 53.4 Å². The molecule has 0 saturated carbocycles. The predicted octanol–water partition coefficient (Wildman–Crippen LogP) is 2.44. The maximum Gasteiger partial charge on any atom is 0.0796 e. The molecule has 0 aromatic heterocycles. The molecule has 0 spiro atoms. The van der Waals surface area contributed by atoms with E-state index >= 15 is 0 Å². The fourth-order valence-electron chi connectivity index (χ4n) is 2.72. The van der Waals surface area contributed by atoms with Gasteiger partial charge in [-0.1, -0.05) is 32.9 Å². The second-order valence-electron chi connectivity index (χ2n) is 5.29. The molecule has 18 heavy (non-hydrogen) atoms. The first-order valence-electron chi connectivity index (χ1n) is 7.75. The van der Waals surface area contributed by atoms with Gasteiger partial charge in [0.2, 0.25) is 0 Å². The molecule has 0 unspecified atom stereocenters. The standard InChI is InChI=1S/C15H34N2Si/c1-6-10-16(11-7-2)15(14(5)18)17(12-8-3)13-9-4/h15H,5-13H2,1-4,18H3. The Morgan fingerprint density at radius 2 is 1.11 bits per heavy atom. The second kappa shape index (κ2) is 10.8. The first kappa shape index (κ1) is 17.9. The van der Waals surface area contributed by atoms with Gasteiger partial charge < -0.3 is 0 Å². The van der Waals surface area contributed by atoms with Gasteiger partial charge >= 0.3 is 0 Å². The van der Waals surface area contributed by atoms with Crippen LogP contribution in [-0.4, -0.2) is 52.4 Å². The Morgan fingerprint density at radius 3 is 1.28 bits per heavy atom. The van der Waals surface area contributed by atoms with Crippen molar-refractivity contribution in [3.63, 3.8) is 0 Å². The molecule has 0 amide bonds. The van der Waals surface area contributed by atoms with Gasteiger partial charge in [-0.2, -0.15) is 0 Å². The molecule has 0 rings (SSSR count). The highest BCUT2D eigenvalue weighted by molar-refractivity contribution is 6.21. The van der Waals surface area contributed by atoms with Gasteiger partial charge in [-0.3, -0.25) is 9.80 Å². The molecule has 0 aromatic carbocycles. The Labute approximate surface area is 118 Å². The SMILES string of the molecule is C=C([SiH3])C(N(CCC)CCC)N(CCC)CCC. The first-order chi connectivity index (χ1) is 8.62. The summed E-state index contributed by atoms with van der Waals surface area (Å²) >= 11 is 0. The van der Waals surface area contributed by atoms with Crippen LogP contribution in [0, 0.1) is 0 Å². The minimum atomic E-state index is 0.497. The van der Waals surface area contributed by atoms with Crippen molar-refractivity contribution in [1.29, 1.82) is 0 Å². The molecule has 0 fully saturated rings. The molecule has 0 N–H and O–H groups in total. The van der Waals surface area contributed by atoms with Crippen molar-refractivity contribution >= 4 is 10.2 Å². The molecule has 0 aliphatic rings. The second-order valence-corrected chi connectivity index (χ2v) is 6.58. The molecule has 0 aliphatic heterocycles. The fourth-order valence-corrected chi connectivity index (χ4v) is 3.45. The molecule has 0 radical (unpaired) electrons. The number of rotatable bonds is 11. The van der Waals surface area contributed by atoms with Crippen LogP contribution in [0.25, 0.3) is 0 Å². The van der Waals surface area contributed by atoms with Crippen molar-refractivity contribution in [2.24, 2.45) is 0 Å². The van der Waals surface area contributed by atoms with Gasteiger partial charge in [-0.15, -0.1) is 6.58 Å². The molecule has 3 heteroatoms. The zero-order valence-electron chi connectivity index (χ0n) is 13.3. The minimum absolute atomic E-state index is 0.497. The van der Waals surface area contributed by atoms with Gasteiger partial charge in [-0.05, 0) is 51.9 Å². The normalized spacial score (nSPS) is 11.9. The van der Waals surface area contributed by atoms with E-state index in [-0.39, 0.29) is 0 Å².